The Bertz CT molecular complexity index is 1070. The SMILES string of the molecule is Cc1cc(C(=O)N[C@H](C)C(=O)O)sc1S(=O)(=O)Nc1cc(C(F)(F)F)ccc1Cl. The van der Waals surface area contributed by atoms with Crippen LogP contribution in [0.25, 0.3) is 0 Å². The lowest BCUT2D eigenvalue weighted by Crippen LogP contribution is -2.37. The predicted octanol–water partition coefficient (Wildman–Crippen LogP) is 3.73. The number of aryl methyl sites for hydroxylation is 1. The molecule has 2 aromatic rings. The number of hydrogen-bond acceptors (Lipinski definition) is 5. The summed E-state index contributed by atoms with van der Waals surface area (Å²) in [5, 5.41) is 10.8. The van der Waals surface area contributed by atoms with E-state index in [2.05, 4.69) is 5.32 Å². The number of sulfonamides is 1. The molecule has 3 N–H and O–H groups in total. The average molecular weight is 471 g/mol. The van der Waals surface area contributed by atoms with E-state index in [1.165, 1.54) is 19.9 Å². The fourth-order valence-electron chi connectivity index (χ4n) is 2.14. The lowest BCUT2D eigenvalue weighted by Gasteiger charge is -2.12. The van der Waals surface area contributed by atoms with Gasteiger partial charge in [-0.2, -0.15) is 13.2 Å². The molecule has 0 unspecified atom stereocenters. The summed E-state index contributed by atoms with van der Waals surface area (Å²) in [4.78, 5) is 22.8. The number of benzene rings is 1. The van der Waals surface area contributed by atoms with Gasteiger partial charge >= 0.3 is 12.1 Å². The standard InChI is InChI=1S/C16H14ClF3N2O5S2/c1-7-5-12(13(23)21-8(2)14(24)25)28-15(7)29(26,27)22-11-6-9(16(18,19)20)3-4-10(11)17/h3-6,8,22H,1-2H3,(H,21,23)(H,24,25)/t8-/m1/s1. The average Bonchev–Trinajstić information content (AvgIpc) is 2.98. The van der Waals surface area contributed by atoms with Crippen LogP contribution in [-0.4, -0.2) is 31.4 Å². The summed E-state index contributed by atoms with van der Waals surface area (Å²) in [7, 11) is -4.37. The smallest absolute Gasteiger partial charge is 0.416 e. The van der Waals surface area contributed by atoms with Crippen LogP contribution in [0.1, 0.15) is 27.7 Å². The summed E-state index contributed by atoms with van der Waals surface area (Å²) in [5.41, 5.74) is -1.41. The second-order valence-corrected chi connectivity index (χ2v) is 9.25. The highest BCUT2D eigenvalue weighted by atomic mass is 35.5. The minimum absolute atomic E-state index is 0.0777. The van der Waals surface area contributed by atoms with Crippen molar-refractivity contribution in [2.75, 3.05) is 4.72 Å². The van der Waals surface area contributed by atoms with E-state index in [0.29, 0.717) is 23.5 Å². The lowest BCUT2D eigenvalue weighted by molar-refractivity contribution is -0.139. The summed E-state index contributed by atoms with van der Waals surface area (Å²) in [6.07, 6.45) is -4.70. The van der Waals surface area contributed by atoms with Gasteiger partial charge in [-0.05, 0) is 43.7 Å². The lowest BCUT2D eigenvalue weighted by atomic mass is 10.2. The third kappa shape index (κ3) is 5.40. The van der Waals surface area contributed by atoms with E-state index < -0.39 is 45.4 Å². The highest BCUT2D eigenvalue weighted by molar-refractivity contribution is 7.94. The van der Waals surface area contributed by atoms with Crippen LogP contribution in [0, 0.1) is 6.92 Å². The Morgan fingerprint density at radius 2 is 1.86 bits per heavy atom. The number of carbonyl (C=O) groups excluding carboxylic acids is 1. The highest BCUT2D eigenvalue weighted by Gasteiger charge is 2.32. The molecule has 0 radical (unpaired) electrons. The van der Waals surface area contributed by atoms with Crippen LogP contribution in [0.2, 0.25) is 5.02 Å². The maximum atomic E-state index is 12.9. The molecular weight excluding hydrogens is 457 g/mol. The summed E-state index contributed by atoms with van der Waals surface area (Å²) in [6.45, 7) is 2.62. The van der Waals surface area contributed by atoms with Crippen molar-refractivity contribution in [2.24, 2.45) is 0 Å². The number of carboxylic acid groups (broad SMARTS) is 1. The van der Waals surface area contributed by atoms with Gasteiger partial charge < -0.3 is 10.4 Å². The van der Waals surface area contributed by atoms with Crippen molar-refractivity contribution in [3.63, 3.8) is 0 Å². The van der Waals surface area contributed by atoms with Crippen molar-refractivity contribution in [2.45, 2.75) is 30.3 Å². The van der Waals surface area contributed by atoms with E-state index in [4.69, 9.17) is 16.7 Å². The first-order chi connectivity index (χ1) is 13.2. The number of rotatable bonds is 6. The molecule has 0 bridgehead atoms. The number of hydrogen-bond donors (Lipinski definition) is 3. The van der Waals surface area contributed by atoms with E-state index in [1.54, 1.807) is 0 Å². The van der Waals surface area contributed by atoms with Gasteiger partial charge in [0, 0.05) is 0 Å². The van der Waals surface area contributed by atoms with Crippen molar-refractivity contribution in [1.82, 2.24) is 5.32 Å². The number of anilines is 1. The zero-order valence-corrected chi connectivity index (χ0v) is 17.2. The van der Waals surface area contributed by atoms with Crippen LogP contribution in [0.5, 0.6) is 0 Å². The largest absolute Gasteiger partial charge is 0.480 e. The van der Waals surface area contributed by atoms with Gasteiger partial charge in [-0.25, -0.2) is 8.42 Å². The first-order valence-electron chi connectivity index (χ1n) is 7.76. The summed E-state index contributed by atoms with van der Waals surface area (Å²) in [5.74, 6) is -2.08. The Morgan fingerprint density at radius 3 is 2.41 bits per heavy atom. The first-order valence-corrected chi connectivity index (χ1v) is 10.4. The molecule has 2 rings (SSSR count). The van der Waals surface area contributed by atoms with Crippen molar-refractivity contribution in [1.29, 1.82) is 0 Å². The third-order valence-corrected chi connectivity index (χ3v) is 7.16. The van der Waals surface area contributed by atoms with E-state index >= 15 is 0 Å². The van der Waals surface area contributed by atoms with Crippen LogP contribution in [0.3, 0.4) is 0 Å². The molecule has 13 heteroatoms. The molecule has 0 spiro atoms. The van der Waals surface area contributed by atoms with Gasteiger partial charge in [-0.3, -0.25) is 14.3 Å². The molecule has 29 heavy (non-hydrogen) atoms. The van der Waals surface area contributed by atoms with E-state index in [9.17, 15) is 31.2 Å². The molecule has 0 aliphatic carbocycles. The van der Waals surface area contributed by atoms with Crippen LogP contribution in [0.4, 0.5) is 18.9 Å². The second kappa shape index (κ2) is 8.20. The number of alkyl halides is 3. The Balaban J connectivity index is 2.35. The van der Waals surface area contributed by atoms with Gasteiger partial charge in [0.1, 0.15) is 10.3 Å². The molecule has 1 aromatic carbocycles. The number of nitrogens with one attached hydrogen (secondary N) is 2. The number of aliphatic carboxylic acids is 1. The van der Waals surface area contributed by atoms with Crippen LogP contribution in [0.15, 0.2) is 28.5 Å². The number of thiophene rings is 1. The van der Waals surface area contributed by atoms with Crippen LogP contribution < -0.4 is 10.0 Å². The first kappa shape index (κ1) is 23.0. The van der Waals surface area contributed by atoms with Crippen molar-refractivity contribution in [3.05, 3.63) is 45.3 Å². The molecule has 0 aliphatic rings. The zero-order valence-electron chi connectivity index (χ0n) is 14.8. The van der Waals surface area contributed by atoms with Gasteiger partial charge in [-0.15, -0.1) is 11.3 Å². The van der Waals surface area contributed by atoms with Crippen molar-refractivity contribution >= 4 is 50.5 Å². The van der Waals surface area contributed by atoms with Gasteiger partial charge in [0.15, 0.2) is 0 Å². The molecule has 1 aromatic heterocycles. The van der Waals surface area contributed by atoms with E-state index in [0.717, 1.165) is 6.07 Å². The maximum Gasteiger partial charge on any atom is 0.416 e. The Kier molecular flexibility index (Phi) is 6.50. The molecule has 0 aliphatic heterocycles. The van der Waals surface area contributed by atoms with Crippen LogP contribution >= 0.6 is 22.9 Å². The predicted molar refractivity (Wildman–Crippen MR) is 101 cm³/mol. The topological polar surface area (TPSA) is 113 Å². The second-order valence-electron chi connectivity index (χ2n) is 5.91. The molecule has 1 amide bonds. The molecule has 0 saturated carbocycles. The molecular formula is C16H14ClF3N2O5S2. The molecule has 158 valence electrons. The molecule has 0 saturated heterocycles. The fourth-order valence-corrected chi connectivity index (χ4v) is 5.04. The van der Waals surface area contributed by atoms with E-state index in [-0.39, 0.29) is 19.7 Å². The van der Waals surface area contributed by atoms with Gasteiger partial charge in [0.2, 0.25) is 0 Å². The molecule has 1 heterocycles. The molecule has 7 nitrogen and oxygen atoms in total. The minimum atomic E-state index is -4.70. The maximum absolute atomic E-state index is 12.9. The number of carbonyl (C=O) groups is 2. The monoisotopic (exact) mass is 470 g/mol. The number of amides is 1. The minimum Gasteiger partial charge on any atom is -0.480 e. The number of halogens is 4. The highest BCUT2D eigenvalue weighted by Crippen LogP contribution is 2.35. The zero-order chi connectivity index (χ0) is 22.1. The Morgan fingerprint density at radius 1 is 1.24 bits per heavy atom. The van der Waals surface area contributed by atoms with Crippen LogP contribution in [-0.2, 0) is 21.0 Å². The third-order valence-electron chi connectivity index (χ3n) is 3.60. The summed E-state index contributed by atoms with van der Waals surface area (Å²) >= 11 is 6.35. The van der Waals surface area contributed by atoms with Gasteiger partial charge in [0.05, 0.1) is 21.2 Å². The summed E-state index contributed by atoms with van der Waals surface area (Å²) in [6, 6.07) is 2.21. The fraction of sp³-hybridized carbons (Fsp3) is 0.250. The summed E-state index contributed by atoms with van der Waals surface area (Å²) < 4.78 is 65.5. The van der Waals surface area contributed by atoms with Crippen molar-refractivity contribution < 1.29 is 36.3 Å². The number of carboxylic acids is 1. The Hall–Kier alpha value is -2.31. The Labute approximate surface area is 172 Å². The van der Waals surface area contributed by atoms with Gasteiger partial charge in [-0.1, -0.05) is 11.6 Å². The van der Waals surface area contributed by atoms with Gasteiger partial charge in [0.25, 0.3) is 15.9 Å². The van der Waals surface area contributed by atoms with Crippen molar-refractivity contribution in [3.8, 4) is 0 Å². The quantitative estimate of drug-likeness (QED) is 0.595. The molecule has 1 atom stereocenters. The normalized spacial score (nSPS) is 13.0. The molecule has 0 fully saturated rings. The van der Waals surface area contributed by atoms with E-state index in [1.807, 2.05) is 4.72 Å².